The Labute approximate surface area is 108 Å². The first-order chi connectivity index (χ1) is 7.53. The Bertz CT molecular complexity index is 312. The Morgan fingerprint density at radius 2 is 1.88 bits per heavy atom. The van der Waals surface area contributed by atoms with Gasteiger partial charge in [-0.25, -0.2) is 0 Å². The molecule has 4 fully saturated rings. The van der Waals surface area contributed by atoms with Gasteiger partial charge in [-0.05, 0) is 74.2 Å². The highest BCUT2D eigenvalue weighted by Gasteiger charge is 2.57. The van der Waals surface area contributed by atoms with Crippen molar-refractivity contribution in [2.45, 2.75) is 51.0 Å². The molecule has 3 heteroatoms. The molecule has 0 aromatic rings. The van der Waals surface area contributed by atoms with Crippen LogP contribution in [0.5, 0.6) is 0 Å². The third kappa shape index (κ3) is 1.80. The Balaban J connectivity index is 1.83. The van der Waals surface area contributed by atoms with Crippen LogP contribution in [-0.4, -0.2) is 16.2 Å². The smallest absolute Gasteiger partial charge is 0.220 e. The van der Waals surface area contributed by atoms with Crippen LogP contribution in [0.1, 0.15) is 45.4 Å². The van der Waals surface area contributed by atoms with Crippen molar-refractivity contribution in [2.24, 2.45) is 17.3 Å². The standard InChI is InChI=1S/C13H20OS2/c1-12-4-9-3-10(5-12)7-13(6-9,8-12)14-11(15)16-2/h9-10H,3-8H2,1-2H3. The summed E-state index contributed by atoms with van der Waals surface area (Å²) < 4.78 is 6.91. The summed E-state index contributed by atoms with van der Waals surface area (Å²) >= 11 is 6.85. The van der Waals surface area contributed by atoms with E-state index in [1.54, 1.807) is 11.8 Å². The van der Waals surface area contributed by atoms with Crippen LogP contribution >= 0.6 is 24.0 Å². The van der Waals surface area contributed by atoms with Crippen molar-refractivity contribution >= 4 is 28.4 Å². The first-order valence-electron chi connectivity index (χ1n) is 6.30. The molecule has 4 bridgehead atoms. The molecule has 4 aliphatic carbocycles. The molecule has 2 unspecified atom stereocenters. The zero-order valence-electron chi connectivity index (χ0n) is 10.1. The molecular weight excluding hydrogens is 236 g/mol. The van der Waals surface area contributed by atoms with Gasteiger partial charge in [0.25, 0.3) is 0 Å². The van der Waals surface area contributed by atoms with Crippen molar-refractivity contribution in [3.05, 3.63) is 0 Å². The highest BCUT2D eigenvalue weighted by molar-refractivity contribution is 8.22. The van der Waals surface area contributed by atoms with Crippen LogP contribution in [0.4, 0.5) is 0 Å². The van der Waals surface area contributed by atoms with E-state index in [1.807, 2.05) is 6.26 Å². The average molecular weight is 256 g/mol. The monoisotopic (exact) mass is 256 g/mol. The Kier molecular flexibility index (Phi) is 2.56. The van der Waals surface area contributed by atoms with Gasteiger partial charge in [0, 0.05) is 0 Å². The van der Waals surface area contributed by atoms with Crippen LogP contribution in [0, 0.1) is 17.3 Å². The van der Waals surface area contributed by atoms with Crippen LogP contribution in [-0.2, 0) is 4.74 Å². The second-order valence-electron chi connectivity index (χ2n) is 6.51. The summed E-state index contributed by atoms with van der Waals surface area (Å²) in [6.07, 6.45) is 10.1. The quantitative estimate of drug-likeness (QED) is 0.656. The van der Waals surface area contributed by atoms with Crippen molar-refractivity contribution < 1.29 is 4.74 Å². The van der Waals surface area contributed by atoms with E-state index in [0.29, 0.717) is 5.41 Å². The SMILES string of the molecule is CSC(=S)OC12CC3CC(CC(C)(C3)C1)C2. The number of thiocarbonyl (C=S) groups is 1. The molecule has 0 spiro atoms. The normalized spacial score (nSPS) is 49.4. The minimum atomic E-state index is 0.124. The van der Waals surface area contributed by atoms with Crippen LogP contribution in [0.25, 0.3) is 0 Å². The van der Waals surface area contributed by atoms with E-state index in [1.165, 1.54) is 38.5 Å². The number of hydrogen-bond acceptors (Lipinski definition) is 3. The molecule has 0 N–H and O–H groups in total. The van der Waals surface area contributed by atoms with Crippen molar-refractivity contribution in [2.75, 3.05) is 6.26 Å². The summed E-state index contributed by atoms with van der Waals surface area (Å²) in [5.41, 5.74) is 0.678. The molecule has 4 aliphatic rings. The maximum Gasteiger partial charge on any atom is 0.220 e. The average Bonchev–Trinajstić information content (AvgIpc) is 2.12. The van der Waals surface area contributed by atoms with E-state index in [0.717, 1.165) is 16.2 Å². The fourth-order valence-corrected chi connectivity index (χ4v) is 5.40. The van der Waals surface area contributed by atoms with Gasteiger partial charge in [0.1, 0.15) is 5.60 Å². The molecule has 0 radical (unpaired) electrons. The Hall–Kier alpha value is 0.240. The highest BCUT2D eigenvalue weighted by atomic mass is 32.2. The molecule has 0 heterocycles. The lowest BCUT2D eigenvalue weighted by molar-refractivity contribution is -0.146. The van der Waals surface area contributed by atoms with Gasteiger partial charge in [-0.1, -0.05) is 18.7 Å². The minimum absolute atomic E-state index is 0.124. The second-order valence-corrected chi connectivity index (χ2v) is 7.92. The minimum Gasteiger partial charge on any atom is -0.472 e. The topological polar surface area (TPSA) is 9.23 Å². The van der Waals surface area contributed by atoms with Gasteiger partial charge < -0.3 is 4.74 Å². The Morgan fingerprint density at radius 1 is 1.25 bits per heavy atom. The van der Waals surface area contributed by atoms with Crippen LogP contribution in [0.2, 0.25) is 0 Å². The van der Waals surface area contributed by atoms with Gasteiger partial charge in [-0.3, -0.25) is 0 Å². The molecule has 0 aromatic carbocycles. The van der Waals surface area contributed by atoms with Gasteiger partial charge in [-0.15, -0.1) is 0 Å². The third-order valence-corrected chi connectivity index (χ3v) is 5.77. The number of rotatable bonds is 1. The predicted octanol–water partition coefficient (Wildman–Crippen LogP) is 4.01. The van der Waals surface area contributed by atoms with Gasteiger partial charge >= 0.3 is 0 Å². The summed E-state index contributed by atoms with van der Waals surface area (Å²) in [6, 6.07) is 0. The van der Waals surface area contributed by atoms with Crippen LogP contribution < -0.4 is 0 Å². The van der Waals surface area contributed by atoms with Crippen molar-refractivity contribution in [3.63, 3.8) is 0 Å². The van der Waals surface area contributed by atoms with Crippen molar-refractivity contribution in [3.8, 4) is 0 Å². The fourth-order valence-electron chi connectivity index (χ4n) is 4.97. The molecule has 0 saturated heterocycles. The lowest BCUT2D eigenvalue weighted by atomic mass is 9.48. The lowest BCUT2D eigenvalue weighted by Crippen LogP contribution is -2.56. The van der Waals surface area contributed by atoms with E-state index in [9.17, 15) is 0 Å². The van der Waals surface area contributed by atoms with Gasteiger partial charge in [0.05, 0.1) is 0 Å². The first-order valence-corrected chi connectivity index (χ1v) is 7.93. The highest BCUT2D eigenvalue weighted by Crippen LogP contribution is 2.62. The zero-order valence-corrected chi connectivity index (χ0v) is 11.8. The summed E-state index contributed by atoms with van der Waals surface area (Å²) in [5, 5.41) is 0. The van der Waals surface area contributed by atoms with Crippen LogP contribution in [0.3, 0.4) is 0 Å². The second kappa shape index (κ2) is 3.61. The van der Waals surface area contributed by atoms with Crippen LogP contribution in [0.15, 0.2) is 0 Å². The molecule has 0 aliphatic heterocycles. The molecule has 2 atom stereocenters. The molecule has 0 aromatic heterocycles. The lowest BCUT2D eigenvalue weighted by Gasteiger charge is -2.60. The third-order valence-electron chi connectivity index (χ3n) is 4.77. The fraction of sp³-hybridized carbons (Fsp3) is 0.923. The zero-order chi connectivity index (χ0) is 11.4. The summed E-state index contributed by atoms with van der Waals surface area (Å²) in [4.78, 5) is 0. The van der Waals surface area contributed by atoms with Gasteiger partial charge in [0.15, 0.2) is 0 Å². The first kappa shape index (κ1) is 11.3. The predicted molar refractivity (Wildman–Crippen MR) is 72.7 cm³/mol. The number of ether oxygens (including phenoxy) is 1. The summed E-state index contributed by atoms with van der Waals surface area (Å²) in [5.74, 6) is 1.83. The largest absolute Gasteiger partial charge is 0.472 e. The molecule has 16 heavy (non-hydrogen) atoms. The van der Waals surface area contributed by atoms with E-state index in [-0.39, 0.29) is 5.60 Å². The molecule has 0 amide bonds. The molecule has 4 rings (SSSR count). The van der Waals surface area contributed by atoms with Gasteiger partial charge in [-0.2, -0.15) is 0 Å². The molecular formula is C13H20OS2. The van der Waals surface area contributed by atoms with E-state index < -0.39 is 0 Å². The van der Waals surface area contributed by atoms with Gasteiger partial charge in [0.2, 0.25) is 4.38 Å². The van der Waals surface area contributed by atoms with E-state index in [2.05, 4.69) is 6.92 Å². The maximum atomic E-state index is 6.16. The molecule has 90 valence electrons. The van der Waals surface area contributed by atoms with E-state index >= 15 is 0 Å². The summed E-state index contributed by atoms with van der Waals surface area (Å²) in [6.45, 7) is 2.46. The maximum absolute atomic E-state index is 6.16. The number of hydrogen-bond donors (Lipinski definition) is 0. The van der Waals surface area contributed by atoms with Crippen molar-refractivity contribution in [1.82, 2.24) is 0 Å². The Morgan fingerprint density at radius 3 is 2.38 bits per heavy atom. The summed E-state index contributed by atoms with van der Waals surface area (Å²) in [7, 11) is 0. The van der Waals surface area contributed by atoms with Crippen molar-refractivity contribution in [1.29, 1.82) is 0 Å². The molecule has 4 saturated carbocycles. The number of thioether (sulfide) groups is 1. The molecule has 1 nitrogen and oxygen atoms in total. The van der Waals surface area contributed by atoms with E-state index in [4.69, 9.17) is 17.0 Å².